The van der Waals surface area contributed by atoms with Crippen LogP contribution < -0.4 is 0 Å². The van der Waals surface area contributed by atoms with E-state index >= 15 is 4.39 Å². The number of carbonyl (C=O) groups excluding carboxylic acids is 2. The fourth-order valence-electron chi connectivity index (χ4n) is 9.43. The molecule has 0 saturated heterocycles. The van der Waals surface area contributed by atoms with E-state index in [0.717, 1.165) is 44.9 Å². The molecule has 4 aliphatic rings. The SMILES string of the molecule is CC[C@@H]1[C@@H]2[C@@H](F)C(=O)CC[C@]2(C)C2CC[C@@]3(C)C(CCC3[C@H](C)CCC(=O)OC)C2[C@@H]1O. The number of carbonyl (C=O) groups is 2. The van der Waals surface area contributed by atoms with Crippen LogP contribution in [-0.4, -0.2) is 36.2 Å². The summed E-state index contributed by atoms with van der Waals surface area (Å²) in [6, 6.07) is 0. The fourth-order valence-corrected chi connectivity index (χ4v) is 9.43. The van der Waals surface area contributed by atoms with Crippen LogP contribution in [0, 0.1) is 52.3 Å². The molecule has 4 unspecified atom stereocenters. The Balaban J connectivity index is 1.61. The Morgan fingerprint density at radius 2 is 1.88 bits per heavy atom. The molecule has 0 aromatic rings. The van der Waals surface area contributed by atoms with Crippen molar-refractivity contribution in [3.05, 3.63) is 0 Å². The standard InChI is InChI=1S/C27H43FO4/c1-6-16-23-24(28)20(29)12-14-27(23,4)19-11-13-26(3)17(15(2)7-10-21(30)32-5)8-9-18(26)22(19)25(16)31/h15-19,22-25,31H,6-14H2,1-5H3/t15-,16-,17?,18?,19?,22?,23-,24+,25-,26-,27-/m1/s1. The summed E-state index contributed by atoms with van der Waals surface area (Å²) in [5.41, 5.74) is -0.0490. The highest BCUT2D eigenvalue weighted by Crippen LogP contribution is 2.69. The molecule has 182 valence electrons. The molecule has 4 aliphatic carbocycles. The Labute approximate surface area is 193 Å². The molecule has 0 aromatic heterocycles. The minimum absolute atomic E-state index is 0.139. The third-order valence-corrected chi connectivity index (χ3v) is 11.0. The maximum absolute atomic E-state index is 15.3. The molecule has 0 heterocycles. The van der Waals surface area contributed by atoms with Gasteiger partial charge in [-0.1, -0.05) is 34.1 Å². The second-order valence-electron chi connectivity index (χ2n) is 12.1. The van der Waals surface area contributed by atoms with Gasteiger partial charge >= 0.3 is 5.97 Å². The minimum atomic E-state index is -1.42. The van der Waals surface area contributed by atoms with Gasteiger partial charge in [0.25, 0.3) is 0 Å². The number of fused-ring (bicyclic) bond motifs is 5. The first-order valence-corrected chi connectivity index (χ1v) is 13.0. The van der Waals surface area contributed by atoms with Crippen molar-refractivity contribution < 1.29 is 23.8 Å². The first-order valence-electron chi connectivity index (χ1n) is 13.0. The quantitative estimate of drug-likeness (QED) is 0.573. The van der Waals surface area contributed by atoms with Gasteiger partial charge in [-0.05, 0) is 84.9 Å². The molecule has 4 nitrogen and oxygen atoms in total. The maximum atomic E-state index is 15.3. The number of halogens is 1. The highest BCUT2D eigenvalue weighted by molar-refractivity contribution is 5.84. The predicted octanol–water partition coefficient (Wildman–Crippen LogP) is 5.36. The smallest absolute Gasteiger partial charge is 0.305 e. The average molecular weight is 451 g/mol. The van der Waals surface area contributed by atoms with Gasteiger partial charge in [0.05, 0.1) is 13.2 Å². The van der Waals surface area contributed by atoms with Crippen LogP contribution in [0.4, 0.5) is 4.39 Å². The Kier molecular flexibility index (Phi) is 6.55. The molecule has 0 bridgehead atoms. The van der Waals surface area contributed by atoms with E-state index in [-0.39, 0.29) is 40.3 Å². The van der Waals surface area contributed by atoms with Gasteiger partial charge in [-0.2, -0.15) is 0 Å². The first kappa shape index (κ1) is 24.2. The topological polar surface area (TPSA) is 63.6 Å². The van der Waals surface area contributed by atoms with Crippen molar-refractivity contribution in [2.75, 3.05) is 7.11 Å². The highest BCUT2D eigenvalue weighted by Gasteiger charge is 2.66. The molecule has 0 aromatic carbocycles. The molecule has 4 fully saturated rings. The van der Waals surface area contributed by atoms with E-state index in [1.165, 1.54) is 7.11 Å². The largest absolute Gasteiger partial charge is 0.469 e. The van der Waals surface area contributed by atoms with Crippen molar-refractivity contribution in [1.82, 2.24) is 0 Å². The monoisotopic (exact) mass is 450 g/mol. The van der Waals surface area contributed by atoms with Crippen LogP contribution >= 0.6 is 0 Å². The van der Waals surface area contributed by atoms with E-state index in [1.807, 2.05) is 0 Å². The minimum Gasteiger partial charge on any atom is -0.469 e. The Hall–Kier alpha value is -0.970. The predicted molar refractivity (Wildman–Crippen MR) is 121 cm³/mol. The van der Waals surface area contributed by atoms with Crippen LogP contribution in [0.3, 0.4) is 0 Å². The van der Waals surface area contributed by atoms with Crippen molar-refractivity contribution in [2.24, 2.45) is 52.3 Å². The normalized spacial score (nSPS) is 49.0. The second-order valence-corrected chi connectivity index (χ2v) is 12.1. The average Bonchev–Trinajstić information content (AvgIpc) is 3.13. The van der Waals surface area contributed by atoms with Crippen molar-refractivity contribution in [2.45, 2.75) is 97.8 Å². The van der Waals surface area contributed by atoms with Crippen molar-refractivity contribution in [3.63, 3.8) is 0 Å². The van der Waals surface area contributed by atoms with Crippen molar-refractivity contribution in [1.29, 1.82) is 0 Å². The number of Topliss-reactive ketones (excluding diaryl/α,β-unsaturated/α-hetero) is 1. The lowest BCUT2D eigenvalue weighted by atomic mass is 9.41. The summed E-state index contributed by atoms with van der Waals surface area (Å²) in [4.78, 5) is 24.0. The number of rotatable bonds is 5. The molecule has 0 radical (unpaired) electrons. The lowest BCUT2D eigenvalue weighted by Crippen LogP contribution is -2.64. The second kappa shape index (κ2) is 8.67. The number of hydrogen-bond acceptors (Lipinski definition) is 4. The maximum Gasteiger partial charge on any atom is 0.305 e. The number of hydrogen-bond donors (Lipinski definition) is 1. The first-order chi connectivity index (χ1) is 15.1. The molecule has 5 heteroatoms. The van der Waals surface area contributed by atoms with E-state index in [0.29, 0.717) is 36.5 Å². The molecule has 4 rings (SSSR count). The number of esters is 1. The summed E-state index contributed by atoms with van der Waals surface area (Å²) in [5.74, 6) is 1.02. The van der Waals surface area contributed by atoms with E-state index in [1.54, 1.807) is 0 Å². The van der Waals surface area contributed by atoms with Gasteiger partial charge in [0.15, 0.2) is 12.0 Å². The van der Waals surface area contributed by atoms with Crippen LogP contribution in [0.1, 0.15) is 85.5 Å². The molecule has 1 N–H and O–H groups in total. The number of aliphatic hydroxyl groups excluding tert-OH is 1. The third kappa shape index (κ3) is 3.47. The Morgan fingerprint density at radius 3 is 2.53 bits per heavy atom. The zero-order chi connectivity index (χ0) is 23.4. The molecule has 0 aliphatic heterocycles. The van der Waals surface area contributed by atoms with Crippen LogP contribution in [0.2, 0.25) is 0 Å². The lowest BCUT2D eigenvalue weighted by Gasteiger charge is -2.64. The summed E-state index contributed by atoms with van der Waals surface area (Å²) in [6.07, 6.45) is 5.56. The molecule has 0 spiro atoms. The Bertz CT molecular complexity index is 739. The summed E-state index contributed by atoms with van der Waals surface area (Å²) >= 11 is 0. The summed E-state index contributed by atoms with van der Waals surface area (Å²) in [6.45, 7) is 8.98. The number of methoxy groups -OCH3 is 1. The van der Waals surface area contributed by atoms with E-state index in [9.17, 15) is 14.7 Å². The molecule has 11 atom stereocenters. The van der Waals surface area contributed by atoms with Crippen LogP contribution in [0.15, 0.2) is 0 Å². The molecule has 32 heavy (non-hydrogen) atoms. The number of alkyl halides is 1. The van der Waals surface area contributed by atoms with Gasteiger partial charge in [-0.25, -0.2) is 4.39 Å². The number of ether oxygens (including phenoxy) is 1. The van der Waals surface area contributed by atoms with Gasteiger partial charge < -0.3 is 9.84 Å². The van der Waals surface area contributed by atoms with Crippen molar-refractivity contribution >= 4 is 11.8 Å². The van der Waals surface area contributed by atoms with Gasteiger partial charge in [-0.15, -0.1) is 0 Å². The molecular formula is C27H43FO4. The van der Waals surface area contributed by atoms with E-state index < -0.39 is 12.3 Å². The lowest BCUT2D eigenvalue weighted by molar-refractivity contribution is -0.207. The van der Waals surface area contributed by atoms with Gasteiger partial charge in [0, 0.05) is 18.8 Å². The van der Waals surface area contributed by atoms with Gasteiger partial charge in [0.1, 0.15) is 0 Å². The van der Waals surface area contributed by atoms with Crippen LogP contribution in [0.5, 0.6) is 0 Å². The number of ketones is 1. The van der Waals surface area contributed by atoms with Crippen LogP contribution in [0.25, 0.3) is 0 Å². The van der Waals surface area contributed by atoms with Gasteiger partial charge in [0.2, 0.25) is 0 Å². The molecular weight excluding hydrogens is 407 g/mol. The van der Waals surface area contributed by atoms with Crippen molar-refractivity contribution in [3.8, 4) is 0 Å². The zero-order valence-electron chi connectivity index (χ0n) is 20.6. The van der Waals surface area contributed by atoms with E-state index in [4.69, 9.17) is 4.74 Å². The molecule has 0 amide bonds. The van der Waals surface area contributed by atoms with Gasteiger partial charge in [-0.3, -0.25) is 9.59 Å². The molecule has 4 saturated carbocycles. The Morgan fingerprint density at radius 1 is 1.19 bits per heavy atom. The van der Waals surface area contributed by atoms with E-state index in [2.05, 4.69) is 27.7 Å². The summed E-state index contributed by atoms with van der Waals surface area (Å²) < 4.78 is 20.2. The van der Waals surface area contributed by atoms with Crippen LogP contribution in [-0.2, 0) is 14.3 Å². The summed E-state index contributed by atoms with van der Waals surface area (Å²) in [7, 11) is 1.45. The highest BCUT2D eigenvalue weighted by atomic mass is 19.1. The zero-order valence-corrected chi connectivity index (χ0v) is 20.6. The fraction of sp³-hybridized carbons (Fsp3) is 0.926. The third-order valence-electron chi connectivity index (χ3n) is 11.0. The number of aliphatic hydroxyl groups is 1. The summed E-state index contributed by atoms with van der Waals surface area (Å²) in [5, 5.41) is 11.7.